The molecule has 0 spiro atoms. The van der Waals surface area contributed by atoms with Crippen LogP contribution in [0.25, 0.3) is 0 Å². The molecule has 8 nitrogen and oxygen atoms in total. The lowest BCUT2D eigenvalue weighted by molar-refractivity contribution is -0.153. The van der Waals surface area contributed by atoms with Gasteiger partial charge in [0.25, 0.3) is 5.56 Å². The third-order valence-corrected chi connectivity index (χ3v) is 6.20. The normalized spacial score (nSPS) is 12.1. The quantitative estimate of drug-likeness (QED) is 0.619. The van der Waals surface area contributed by atoms with E-state index in [0.29, 0.717) is 0 Å². The van der Waals surface area contributed by atoms with Crippen molar-refractivity contribution in [2.45, 2.75) is 31.5 Å². The number of hydrogen-bond donors (Lipinski definition) is 1. The predicted molar refractivity (Wildman–Crippen MR) is 107 cm³/mol. The first kappa shape index (κ1) is 24.4. The summed E-state index contributed by atoms with van der Waals surface area (Å²) in [6, 6.07) is 7.71. The first-order chi connectivity index (χ1) is 14.5. The predicted octanol–water partition coefficient (Wildman–Crippen LogP) is 2.46. The van der Waals surface area contributed by atoms with Gasteiger partial charge in [0.1, 0.15) is 12.3 Å². The monoisotopic (exact) mass is 461 g/mol. The third kappa shape index (κ3) is 6.56. The lowest BCUT2D eigenvalue weighted by Gasteiger charge is -2.19. The Morgan fingerprint density at radius 3 is 2.39 bits per heavy atom. The number of para-hydroxylation sites is 2. The fraction of sp³-hybridized carbons (Fsp3) is 0.368. The van der Waals surface area contributed by atoms with Crippen LogP contribution >= 0.6 is 0 Å². The fourth-order valence-corrected chi connectivity index (χ4v) is 4.18. The molecule has 12 heteroatoms. The van der Waals surface area contributed by atoms with Crippen LogP contribution in [0.2, 0.25) is 0 Å². The van der Waals surface area contributed by atoms with E-state index in [1.807, 2.05) is 0 Å². The van der Waals surface area contributed by atoms with Gasteiger partial charge < -0.3 is 14.6 Å². The number of carbonyl (C=O) groups excluding carboxylic acids is 1. The highest BCUT2D eigenvalue weighted by Crippen LogP contribution is 2.26. The molecule has 0 aliphatic rings. The summed E-state index contributed by atoms with van der Waals surface area (Å²) in [5, 5.41) is 2.37. The van der Waals surface area contributed by atoms with Crippen LogP contribution in [-0.2, 0) is 21.4 Å². The van der Waals surface area contributed by atoms with Gasteiger partial charge in [0.2, 0.25) is 15.9 Å². The summed E-state index contributed by atoms with van der Waals surface area (Å²) in [5.74, 6) is -0.944. The molecule has 31 heavy (non-hydrogen) atoms. The largest absolute Gasteiger partial charge is 0.482 e. The molecule has 2 rings (SSSR count). The highest BCUT2D eigenvalue weighted by Gasteiger charge is 2.29. The van der Waals surface area contributed by atoms with E-state index in [1.165, 1.54) is 28.6 Å². The molecule has 1 aromatic heterocycles. The summed E-state index contributed by atoms with van der Waals surface area (Å²) in [6.45, 7) is 1.71. The second-order valence-corrected chi connectivity index (χ2v) is 8.31. The number of rotatable bonds is 9. The van der Waals surface area contributed by atoms with Crippen molar-refractivity contribution in [1.82, 2.24) is 8.87 Å². The van der Waals surface area contributed by atoms with Gasteiger partial charge in [0.15, 0.2) is 6.61 Å². The van der Waals surface area contributed by atoms with Gasteiger partial charge in [0, 0.05) is 25.4 Å². The van der Waals surface area contributed by atoms with Crippen LogP contribution in [0.4, 0.5) is 18.9 Å². The molecule has 0 bridgehead atoms. The number of aromatic nitrogens is 1. The van der Waals surface area contributed by atoms with Gasteiger partial charge in [-0.15, -0.1) is 0 Å². The summed E-state index contributed by atoms with van der Waals surface area (Å²) >= 11 is 0. The molecule has 0 radical (unpaired) electrons. The van der Waals surface area contributed by atoms with Crippen molar-refractivity contribution in [3.05, 3.63) is 52.9 Å². The Labute approximate surface area is 177 Å². The molecule has 1 aromatic carbocycles. The minimum Gasteiger partial charge on any atom is -0.482 e. The molecule has 1 N–H and O–H groups in total. The zero-order valence-electron chi connectivity index (χ0n) is 16.8. The molecule has 0 atom stereocenters. The number of pyridine rings is 1. The maximum atomic E-state index is 12.6. The van der Waals surface area contributed by atoms with E-state index in [1.54, 1.807) is 13.8 Å². The van der Waals surface area contributed by atoms with Crippen LogP contribution in [0.15, 0.2) is 52.3 Å². The van der Waals surface area contributed by atoms with Gasteiger partial charge in [-0.2, -0.15) is 17.5 Å². The van der Waals surface area contributed by atoms with E-state index in [2.05, 4.69) is 5.32 Å². The Bertz CT molecular complexity index is 1080. The van der Waals surface area contributed by atoms with Crippen LogP contribution in [0.3, 0.4) is 0 Å². The highest BCUT2D eigenvalue weighted by atomic mass is 32.2. The number of alkyl halides is 3. The van der Waals surface area contributed by atoms with Gasteiger partial charge in [0.05, 0.1) is 10.6 Å². The Balaban J connectivity index is 2.21. The van der Waals surface area contributed by atoms with Gasteiger partial charge >= 0.3 is 6.18 Å². The molecule has 0 aliphatic carbocycles. The van der Waals surface area contributed by atoms with Crippen LogP contribution in [0.1, 0.15) is 13.8 Å². The number of nitrogens with one attached hydrogen (secondary N) is 1. The molecule has 0 aliphatic heterocycles. The van der Waals surface area contributed by atoms with Crippen LogP contribution < -0.4 is 15.6 Å². The van der Waals surface area contributed by atoms with Crippen LogP contribution in [-0.4, -0.2) is 49.1 Å². The van der Waals surface area contributed by atoms with Crippen LogP contribution in [0.5, 0.6) is 5.75 Å². The van der Waals surface area contributed by atoms with E-state index in [0.717, 1.165) is 22.9 Å². The van der Waals surface area contributed by atoms with Crippen molar-refractivity contribution < 1.29 is 31.1 Å². The van der Waals surface area contributed by atoms with E-state index in [-0.39, 0.29) is 29.4 Å². The fourth-order valence-electron chi connectivity index (χ4n) is 2.70. The average molecular weight is 461 g/mol. The molecule has 1 amide bonds. The summed E-state index contributed by atoms with van der Waals surface area (Å²) in [5.41, 5.74) is -0.632. The zero-order valence-corrected chi connectivity index (χ0v) is 17.7. The summed E-state index contributed by atoms with van der Waals surface area (Å²) in [7, 11) is -3.85. The first-order valence-corrected chi connectivity index (χ1v) is 10.7. The second-order valence-electron chi connectivity index (χ2n) is 6.37. The third-order valence-electron chi connectivity index (χ3n) is 4.17. The first-order valence-electron chi connectivity index (χ1n) is 9.27. The van der Waals surface area contributed by atoms with Gasteiger partial charge in [-0.1, -0.05) is 26.0 Å². The molecule has 0 saturated carbocycles. The number of halogens is 3. The van der Waals surface area contributed by atoms with E-state index >= 15 is 0 Å². The lowest BCUT2D eigenvalue weighted by atomic mass is 10.3. The number of amides is 1. The highest BCUT2D eigenvalue weighted by molar-refractivity contribution is 7.89. The molecule has 170 valence electrons. The van der Waals surface area contributed by atoms with Crippen molar-refractivity contribution in [1.29, 1.82) is 0 Å². The van der Waals surface area contributed by atoms with E-state index < -0.39 is 40.8 Å². The smallest absolute Gasteiger partial charge is 0.422 e. The minimum atomic E-state index is -4.55. The summed E-state index contributed by atoms with van der Waals surface area (Å²) in [4.78, 5) is 24.3. The molecular formula is C19H22F3N3O5S. The number of nitrogens with zero attached hydrogens (tertiary/aromatic N) is 2. The van der Waals surface area contributed by atoms with Gasteiger partial charge in [-0.25, -0.2) is 8.42 Å². The topological polar surface area (TPSA) is 97.7 Å². The number of sulfonamides is 1. The standard InChI is InChI=1S/C19H22F3N3O5S/c1-3-25(4-2)31(28,29)14-9-10-18(27)24(11-14)12-17(26)23-15-7-5-6-8-16(15)30-13-19(20,21)22/h5-11H,3-4,12-13H2,1-2H3,(H,23,26). The lowest BCUT2D eigenvalue weighted by Crippen LogP contribution is -2.33. The maximum Gasteiger partial charge on any atom is 0.422 e. The van der Waals surface area contributed by atoms with Gasteiger partial charge in [-0.3, -0.25) is 9.59 Å². The van der Waals surface area contributed by atoms with Crippen molar-refractivity contribution in [3.8, 4) is 5.75 Å². The molecule has 0 unspecified atom stereocenters. The summed E-state index contributed by atoms with van der Waals surface area (Å²) in [6.07, 6.45) is -3.50. The van der Waals surface area contributed by atoms with Crippen molar-refractivity contribution >= 4 is 21.6 Å². The average Bonchev–Trinajstić information content (AvgIpc) is 2.69. The second kappa shape index (κ2) is 9.96. The van der Waals surface area contributed by atoms with Crippen LogP contribution in [0, 0.1) is 0 Å². The summed E-state index contributed by atoms with van der Waals surface area (Å²) < 4.78 is 69.3. The van der Waals surface area contributed by atoms with E-state index in [4.69, 9.17) is 4.74 Å². The number of ether oxygens (including phenoxy) is 1. The zero-order chi connectivity index (χ0) is 23.2. The molecule has 2 aromatic rings. The Morgan fingerprint density at radius 1 is 1.13 bits per heavy atom. The number of carbonyl (C=O) groups is 1. The number of hydrogen-bond acceptors (Lipinski definition) is 5. The maximum absolute atomic E-state index is 12.6. The Morgan fingerprint density at radius 2 is 1.77 bits per heavy atom. The number of anilines is 1. The van der Waals surface area contributed by atoms with Crippen molar-refractivity contribution in [3.63, 3.8) is 0 Å². The molecular weight excluding hydrogens is 439 g/mol. The molecule has 0 fully saturated rings. The Kier molecular flexibility index (Phi) is 7.85. The number of benzene rings is 1. The molecule has 0 saturated heterocycles. The van der Waals surface area contributed by atoms with Crippen molar-refractivity contribution in [2.24, 2.45) is 0 Å². The van der Waals surface area contributed by atoms with E-state index in [9.17, 15) is 31.2 Å². The molecule has 1 heterocycles. The Hall–Kier alpha value is -2.86. The SMILES string of the molecule is CCN(CC)S(=O)(=O)c1ccc(=O)n(CC(=O)Nc2ccccc2OCC(F)(F)F)c1. The minimum absolute atomic E-state index is 0.0169. The van der Waals surface area contributed by atoms with Gasteiger partial charge in [-0.05, 0) is 18.2 Å². The van der Waals surface area contributed by atoms with Crippen molar-refractivity contribution in [2.75, 3.05) is 25.0 Å².